The maximum Gasteiger partial charge on any atom is 0.257 e. The number of amides is 2. The van der Waals surface area contributed by atoms with Crippen LogP contribution in [0.15, 0.2) is 135 Å². The molecule has 0 fully saturated rings. The number of fused-ring (bicyclic) bond motifs is 2. The highest BCUT2D eigenvalue weighted by Gasteiger charge is 2.19. The van der Waals surface area contributed by atoms with Crippen molar-refractivity contribution in [1.29, 1.82) is 0 Å². The Morgan fingerprint density at radius 1 is 0.600 bits per heavy atom. The van der Waals surface area contributed by atoms with Gasteiger partial charge in [-0.3, -0.25) is 19.6 Å². The number of pyridine rings is 4. The Kier molecular flexibility index (Phi) is 11.2. The van der Waals surface area contributed by atoms with E-state index >= 15 is 0 Å². The molecule has 0 aliphatic rings. The van der Waals surface area contributed by atoms with Crippen molar-refractivity contribution in [3.8, 4) is 0 Å². The van der Waals surface area contributed by atoms with Crippen LogP contribution in [0.2, 0.25) is 10.0 Å². The summed E-state index contributed by atoms with van der Waals surface area (Å²) in [5.41, 5.74) is 5.44. The molecule has 10 nitrogen and oxygen atoms in total. The molecule has 8 aromatic rings. The molecule has 2 amide bonds. The molecule has 6 heterocycles. The fraction of sp³-hybridized carbons (Fsp3) is 0.0732. The van der Waals surface area contributed by atoms with Crippen LogP contribution in [0, 0.1) is 11.6 Å². The van der Waals surface area contributed by atoms with Crippen LogP contribution >= 0.6 is 23.2 Å². The summed E-state index contributed by atoms with van der Waals surface area (Å²) in [6.07, 6.45) is 13.1. The van der Waals surface area contributed by atoms with Gasteiger partial charge in [0.15, 0.2) is 0 Å². The Bertz CT molecular complexity index is 2590. The molecule has 0 aliphatic heterocycles. The fourth-order valence-electron chi connectivity index (χ4n) is 5.91. The van der Waals surface area contributed by atoms with E-state index in [1.165, 1.54) is 36.7 Å². The second-order valence-corrected chi connectivity index (χ2v) is 13.1. The first kappa shape index (κ1) is 36.8. The van der Waals surface area contributed by atoms with Gasteiger partial charge < -0.3 is 19.8 Å². The van der Waals surface area contributed by atoms with Gasteiger partial charge in [-0.1, -0.05) is 47.5 Å². The summed E-state index contributed by atoms with van der Waals surface area (Å²) in [7, 11) is 0. The lowest BCUT2D eigenvalue weighted by molar-refractivity contribution is 0.0951. The number of carbonyl (C=O) groups excluding carboxylic acids is 2. The molecule has 55 heavy (non-hydrogen) atoms. The number of nitrogens with zero attached hydrogens (tertiary/aromatic N) is 6. The number of nitrogens with one attached hydrogen (secondary N) is 2. The largest absolute Gasteiger partial charge is 0.348 e. The van der Waals surface area contributed by atoms with Crippen LogP contribution in [0.4, 0.5) is 14.5 Å². The molecular formula is C41H30Cl2F2N8O2. The smallest absolute Gasteiger partial charge is 0.257 e. The number of benzene rings is 2. The number of hydrogen-bond acceptors (Lipinski definition) is 6. The van der Waals surface area contributed by atoms with Gasteiger partial charge in [0.05, 0.1) is 26.9 Å². The number of halogens is 4. The average Bonchev–Trinajstić information content (AvgIpc) is 3.76. The second-order valence-electron chi connectivity index (χ2n) is 12.3. The number of carbonyl (C=O) groups is 2. The number of aromatic nitrogens is 6. The first-order valence-corrected chi connectivity index (χ1v) is 17.6. The van der Waals surface area contributed by atoms with Gasteiger partial charge in [0.2, 0.25) is 0 Å². The van der Waals surface area contributed by atoms with Gasteiger partial charge in [-0.25, -0.2) is 18.7 Å². The third-order valence-corrected chi connectivity index (χ3v) is 9.16. The molecule has 0 aliphatic carbocycles. The first-order valence-electron chi connectivity index (χ1n) is 16.9. The predicted octanol–water partition coefficient (Wildman–Crippen LogP) is 8.73. The summed E-state index contributed by atoms with van der Waals surface area (Å²) in [5.74, 6) is -1.11. The first-order chi connectivity index (χ1) is 26.7. The molecule has 0 spiro atoms. The highest BCUT2D eigenvalue weighted by Crippen LogP contribution is 2.30. The highest BCUT2D eigenvalue weighted by atomic mass is 35.5. The molecule has 0 saturated carbocycles. The molecule has 2 aromatic carbocycles. The summed E-state index contributed by atoms with van der Waals surface area (Å²) >= 11 is 12.2. The zero-order chi connectivity index (χ0) is 38.3. The van der Waals surface area contributed by atoms with Crippen LogP contribution in [0.25, 0.3) is 22.1 Å². The molecule has 6 aromatic heterocycles. The quantitative estimate of drug-likeness (QED) is 0.151. The average molecular weight is 776 g/mol. The van der Waals surface area contributed by atoms with E-state index < -0.39 is 0 Å². The standard InChI is InChI=1S/C21H17FN4O.C20H13Cl2FN4O/c22-17-5-3-16(4-6-17)13-26-14-19(18-2-1-9-24-20(18)26)21(27)25-12-15-7-10-23-11-8-15;21-16-8-24-9-17(22)18(16)26-20(28)15-11-27(19-14(15)2-1-7-25-19)10-12-3-5-13(23)6-4-12/h1-11,14H,12-13H2,(H,25,27);1-9,11H,10H2,(H,24,26,28). The van der Waals surface area contributed by atoms with Gasteiger partial charge in [0.25, 0.3) is 11.8 Å². The predicted molar refractivity (Wildman–Crippen MR) is 208 cm³/mol. The number of anilines is 1. The maximum atomic E-state index is 13.2. The molecule has 274 valence electrons. The SMILES string of the molecule is O=C(NCc1ccncc1)c1cn(Cc2ccc(F)cc2)c2ncccc12.O=C(Nc1c(Cl)cncc1Cl)c1cn(Cc2ccc(F)cc2)c2ncccc12. The Hall–Kier alpha value is -6.50. The topological polar surface area (TPSA) is 120 Å². The Balaban J connectivity index is 0.000000169. The summed E-state index contributed by atoms with van der Waals surface area (Å²) < 4.78 is 30.0. The third-order valence-electron chi connectivity index (χ3n) is 8.58. The van der Waals surface area contributed by atoms with Crippen molar-refractivity contribution in [1.82, 2.24) is 34.4 Å². The van der Waals surface area contributed by atoms with E-state index in [1.807, 2.05) is 39.5 Å². The molecule has 0 radical (unpaired) electrons. The number of hydrogen-bond donors (Lipinski definition) is 2. The van der Waals surface area contributed by atoms with E-state index in [9.17, 15) is 18.4 Å². The van der Waals surface area contributed by atoms with Gasteiger partial charge in [-0.2, -0.15) is 0 Å². The Labute approximate surface area is 323 Å². The Morgan fingerprint density at radius 3 is 1.60 bits per heavy atom. The van der Waals surface area contributed by atoms with E-state index in [-0.39, 0.29) is 33.5 Å². The van der Waals surface area contributed by atoms with Crippen molar-refractivity contribution in [2.75, 3.05) is 5.32 Å². The number of rotatable bonds is 9. The van der Waals surface area contributed by atoms with Gasteiger partial charge in [-0.15, -0.1) is 0 Å². The van der Waals surface area contributed by atoms with Crippen molar-refractivity contribution in [2.24, 2.45) is 0 Å². The molecule has 2 N–H and O–H groups in total. The molecule has 14 heteroatoms. The van der Waals surface area contributed by atoms with E-state index in [1.54, 1.807) is 67.5 Å². The molecule has 0 saturated heterocycles. The minimum Gasteiger partial charge on any atom is -0.348 e. The lowest BCUT2D eigenvalue weighted by Crippen LogP contribution is -2.22. The van der Waals surface area contributed by atoms with Crippen molar-refractivity contribution in [3.63, 3.8) is 0 Å². The van der Waals surface area contributed by atoms with Crippen LogP contribution in [-0.4, -0.2) is 40.9 Å². The van der Waals surface area contributed by atoms with Gasteiger partial charge >= 0.3 is 0 Å². The summed E-state index contributed by atoms with van der Waals surface area (Å²) in [6.45, 7) is 1.37. The van der Waals surface area contributed by atoms with Crippen LogP contribution in [0.3, 0.4) is 0 Å². The van der Waals surface area contributed by atoms with Gasteiger partial charge in [0.1, 0.15) is 22.9 Å². The summed E-state index contributed by atoms with van der Waals surface area (Å²) in [5, 5.41) is 7.63. The van der Waals surface area contributed by atoms with Gasteiger partial charge in [0, 0.05) is 80.0 Å². The molecular weight excluding hydrogens is 745 g/mol. The molecule has 8 rings (SSSR count). The van der Waals surface area contributed by atoms with E-state index in [0.29, 0.717) is 47.5 Å². The lowest BCUT2D eigenvalue weighted by atomic mass is 10.2. The van der Waals surface area contributed by atoms with Crippen molar-refractivity contribution >= 4 is 62.8 Å². The molecule has 0 atom stereocenters. The van der Waals surface area contributed by atoms with Crippen LogP contribution in [-0.2, 0) is 19.6 Å². The lowest BCUT2D eigenvalue weighted by Gasteiger charge is -2.08. The van der Waals surface area contributed by atoms with Crippen molar-refractivity contribution < 1.29 is 18.4 Å². The Morgan fingerprint density at radius 2 is 1.09 bits per heavy atom. The normalized spacial score (nSPS) is 10.9. The maximum absolute atomic E-state index is 13.2. The van der Waals surface area contributed by atoms with Crippen LogP contribution in [0.5, 0.6) is 0 Å². The van der Waals surface area contributed by atoms with E-state index in [2.05, 4.69) is 30.6 Å². The summed E-state index contributed by atoms with van der Waals surface area (Å²) in [4.78, 5) is 42.3. The molecule has 0 unspecified atom stereocenters. The van der Waals surface area contributed by atoms with Crippen molar-refractivity contribution in [2.45, 2.75) is 19.6 Å². The van der Waals surface area contributed by atoms with Crippen LogP contribution < -0.4 is 10.6 Å². The van der Waals surface area contributed by atoms with Gasteiger partial charge in [-0.05, 0) is 77.4 Å². The zero-order valence-corrected chi connectivity index (χ0v) is 30.3. The van der Waals surface area contributed by atoms with Crippen molar-refractivity contribution in [3.05, 3.63) is 184 Å². The monoisotopic (exact) mass is 774 g/mol. The van der Waals surface area contributed by atoms with Crippen LogP contribution in [0.1, 0.15) is 37.4 Å². The minimum absolute atomic E-state index is 0.164. The highest BCUT2D eigenvalue weighted by molar-refractivity contribution is 6.39. The zero-order valence-electron chi connectivity index (χ0n) is 28.8. The summed E-state index contributed by atoms with van der Waals surface area (Å²) in [6, 6.07) is 23.5. The molecule has 0 bridgehead atoms. The second kappa shape index (κ2) is 16.7. The van der Waals surface area contributed by atoms with E-state index in [4.69, 9.17) is 23.2 Å². The minimum atomic E-state index is -0.370. The third kappa shape index (κ3) is 8.67. The fourth-order valence-corrected chi connectivity index (χ4v) is 6.37. The van der Waals surface area contributed by atoms with E-state index in [0.717, 1.165) is 27.7 Å².